The fraction of sp³-hybridized carbons (Fsp3) is 0.636. The van der Waals surface area contributed by atoms with Gasteiger partial charge in [-0.3, -0.25) is 0 Å². The molecule has 0 spiro atoms. The summed E-state index contributed by atoms with van der Waals surface area (Å²) in [6.07, 6.45) is 4.15. The Bertz CT molecular complexity index is 318. The van der Waals surface area contributed by atoms with Gasteiger partial charge in [0.05, 0.1) is 0 Å². The summed E-state index contributed by atoms with van der Waals surface area (Å²) < 4.78 is 0. The second kappa shape index (κ2) is 4.57. The summed E-state index contributed by atoms with van der Waals surface area (Å²) in [6.45, 7) is 4.30. The molecule has 82 valence electrons. The van der Waals surface area contributed by atoms with Crippen molar-refractivity contribution in [2.75, 3.05) is 25.5 Å². The normalized spacial score (nSPS) is 19.1. The van der Waals surface area contributed by atoms with E-state index in [1.165, 1.54) is 12.8 Å². The van der Waals surface area contributed by atoms with Crippen molar-refractivity contribution in [2.45, 2.75) is 25.8 Å². The molecule has 1 saturated heterocycles. The second-order valence-electron chi connectivity index (χ2n) is 4.24. The van der Waals surface area contributed by atoms with Gasteiger partial charge in [-0.05, 0) is 46.0 Å². The summed E-state index contributed by atoms with van der Waals surface area (Å²) in [5.74, 6) is 0.768. The highest BCUT2D eigenvalue weighted by molar-refractivity contribution is 5.26. The zero-order valence-corrected chi connectivity index (χ0v) is 9.40. The van der Waals surface area contributed by atoms with Crippen LogP contribution in [-0.2, 0) is 0 Å². The van der Waals surface area contributed by atoms with Crippen molar-refractivity contribution in [3.63, 3.8) is 0 Å². The lowest BCUT2D eigenvalue weighted by Gasteiger charge is -2.29. The van der Waals surface area contributed by atoms with Gasteiger partial charge < -0.3 is 10.2 Å². The van der Waals surface area contributed by atoms with Crippen molar-refractivity contribution in [1.29, 1.82) is 0 Å². The minimum atomic E-state index is 0.531. The highest BCUT2D eigenvalue weighted by Gasteiger charge is 2.16. The van der Waals surface area contributed by atoms with Crippen LogP contribution >= 0.6 is 0 Å². The van der Waals surface area contributed by atoms with Gasteiger partial charge in [0.15, 0.2) is 0 Å². The average Bonchev–Trinajstić information content (AvgIpc) is 2.22. The molecule has 0 unspecified atom stereocenters. The lowest BCUT2D eigenvalue weighted by atomic mass is 10.1. The number of rotatable bonds is 2. The molecule has 0 aliphatic carbocycles. The minimum absolute atomic E-state index is 0.531. The smallest absolute Gasteiger partial charge is 0.223 e. The van der Waals surface area contributed by atoms with Crippen LogP contribution in [0.15, 0.2) is 12.3 Å². The van der Waals surface area contributed by atoms with Gasteiger partial charge in [0.25, 0.3) is 0 Å². The largest absolute Gasteiger partial charge is 0.351 e. The topological polar surface area (TPSA) is 41.1 Å². The summed E-state index contributed by atoms with van der Waals surface area (Å²) in [7, 11) is 2.17. The van der Waals surface area contributed by atoms with Gasteiger partial charge >= 0.3 is 0 Å². The third-order valence-corrected chi connectivity index (χ3v) is 2.85. The number of hydrogen-bond donors (Lipinski definition) is 1. The zero-order valence-electron chi connectivity index (χ0n) is 9.40. The molecular formula is C11H18N4. The Morgan fingerprint density at radius 2 is 2.13 bits per heavy atom. The Morgan fingerprint density at radius 3 is 2.80 bits per heavy atom. The lowest BCUT2D eigenvalue weighted by molar-refractivity contribution is 0.263. The molecule has 4 heteroatoms. The van der Waals surface area contributed by atoms with E-state index in [-0.39, 0.29) is 0 Å². The number of nitrogens with one attached hydrogen (secondary N) is 1. The van der Waals surface area contributed by atoms with E-state index in [1.54, 1.807) is 6.20 Å². The molecule has 0 bridgehead atoms. The molecule has 0 amide bonds. The van der Waals surface area contributed by atoms with Crippen molar-refractivity contribution < 1.29 is 0 Å². The Morgan fingerprint density at radius 1 is 1.40 bits per heavy atom. The number of likely N-dealkylation sites (tertiary alicyclic amines) is 1. The molecule has 1 aliphatic rings. The first-order valence-electron chi connectivity index (χ1n) is 5.49. The maximum atomic E-state index is 4.35. The molecule has 0 aromatic carbocycles. The van der Waals surface area contributed by atoms with Crippen LogP contribution < -0.4 is 5.32 Å². The quantitative estimate of drug-likeness (QED) is 0.791. The highest BCUT2D eigenvalue weighted by atomic mass is 15.2. The van der Waals surface area contributed by atoms with E-state index in [0.29, 0.717) is 6.04 Å². The van der Waals surface area contributed by atoms with Crippen LogP contribution in [0.1, 0.15) is 18.5 Å². The summed E-state index contributed by atoms with van der Waals surface area (Å²) >= 11 is 0. The molecule has 0 atom stereocenters. The molecule has 2 heterocycles. The first-order chi connectivity index (χ1) is 7.24. The average molecular weight is 206 g/mol. The zero-order chi connectivity index (χ0) is 10.7. The number of aryl methyl sites for hydroxylation is 1. The van der Waals surface area contributed by atoms with Crippen molar-refractivity contribution in [3.8, 4) is 0 Å². The second-order valence-corrected chi connectivity index (χ2v) is 4.24. The molecular weight excluding hydrogens is 188 g/mol. The predicted molar refractivity (Wildman–Crippen MR) is 60.9 cm³/mol. The van der Waals surface area contributed by atoms with Gasteiger partial charge in [-0.2, -0.15) is 0 Å². The van der Waals surface area contributed by atoms with Crippen molar-refractivity contribution in [3.05, 3.63) is 18.0 Å². The maximum absolute atomic E-state index is 4.35. The molecule has 0 radical (unpaired) electrons. The summed E-state index contributed by atoms with van der Waals surface area (Å²) in [4.78, 5) is 10.9. The van der Waals surface area contributed by atoms with Gasteiger partial charge in [0.2, 0.25) is 5.95 Å². The number of aromatic nitrogens is 2. The van der Waals surface area contributed by atoms with E-state index in [1.807, 2.05) is 13.0 Å². The first-order valence-corrected chi connectivity index (χ1v) is 5.49. The van der Waals surface area contributed by atoms with Crippen LogP contribution in [0, 0.1) is 6.92 Å². The number of nitrogens with zero attached hydrogens (tertiary/aromatic N) is 3. The Kier molecular flexibility index (Phi) is 3.16. The van der Waals surface area contributed by atoms with Gasteiger partial charge in [-0.15, -0.1) is 0 Å². The van der Waals surface area contributed by atoms with E-state index in [9.17, 15) is 0 Å². The van der Waals surface area contributed by atoms with Gasteiger partial charge in [0, 0.05) is 17.9 Å². The first kappa shape index (κ1) is 10.4. The summed E-state index contributed by atoms with van der Waals surface area (Å²) in [6, 6.07) is 2.45. The molecule has 1 aromatic rings. The van der Waals surface area contributed by atoms with Crippen LogP contribution in [0.5, 0.6) is 0 Å². The van der Waals surface area contributed by atoms with E-state index in [0.717, 1.165) is 24.7 Å². The van der Waals surface area contributed by atoms with Crippen molar-refractivity contribution >= 4 is 5.95 Å². The van der Waals surface area contributed by atoms with E-state index < -0.39 is 0 Å². The predicted octanol–water partition coefficient (Wildman–Crippen LogP) is 1.29. The van der Waals surface area contributed by atoms with Crippen LogP contribution in [0.3, 0.4) is 0 Å². The van der Waals surface area contributed by atoms with Gasteiger partial charge in [-0.1, -0.05) is 0 Å². The molecule has 4 nitrogen and oxygen atoms in total. The fourth-order valence-corrected chi connectivity index (χ4v) is 1.85. The highest BCUT2D eigenvalue weighted by Crippen LogP contribution is 2.12. The monoisotopic (exact) mass is 206 g/mol. The third kappa shape index (κ3) is 2.89. The van der Waals surface area contributed by atoms with E-state index >= 15 is 0 Å². The SMILES string of the molecule is Cc1ccnc(NC2CCN(C)CC2)n1. The van der Waals surface area contributed by atoms with E-state index in [2.05, 4.69) is 27.2 Å². The van der Waals surface area contributed by atoms with Gasteiger partial charge in [-0.25, -0.2) is 9.97 Å². The van der Waals surface area contributed by atoms with Crippen LogP contribution in [0.2, 0.25) is 0 Å². The van der Waals surface area contributed by atoms with E-state index in [4.69, 9.17) is 0 Å². The standard InChI is InChI=1S/C11H18N4/c1-9-3-6-12-11(13-9)14-10-4-7-15(2)8-5-10/h3,6,10H,4-5,7-8H2,1-2H3,(H,12,13,14). The minimum Gasteiger partial charge on any atom is -0.351 e. The number of anilines is 1. The fourth-order valence-electron chi connectivity index (χ4n) is 1.85. The van der Waals surface area contributed by atoms with Crippen LogP contribution in [0.4, 0.5) is 5.95 Å². The Hall–Kier alpha value is -1.16. The molecule has 1 N–H and O–H groups in total. The Balaban J connectivity index is 1.92. The summed E-state index contributed by atoms with van der Waals surface area (Å²) in [5.41, 5.74) is 1.01. The molecule has 1 aromatic heterocycles. The third-order valence-electron chi connectivity index (χ3n) is 2.85. The molecule has 1 aliphatic heterocycles. The van der Waals surface area contributed by atoms with Crippen molar-refractivity contribution in [1.82, 2.24) is 14.9 Å². The number of hydrogen-bond acceptors (Lipinski definition) is 4. The maximum Gasteiger partial charge on any atom is 0.223 e. The van der Waals surface area contributed by atoms with Crippen LogP contribution in [0.25, 0.3) is 0 Å². The number of piperidine rings is 1. The lowest BCUT2D eigenvalue weighted by Crippen LogP contribution is -2.37. The summed E-state index contributed by atoms with van der Waals surface area (Å²) in [5, 5.41) is 3.39. The molecule has 1 fully saturated rings. The molecule has 2 rings (SSSR count). The van der Waals surface area contributed by atoms with Gasteiger partial charge in [0.1, 0.15) is 0 Å². The van der Waals surface area contributed by atoms with Crippen LogP contribution in [-0.4, -0.2) is 41.0 Å². The molecule has 15 heavy (non-hydrogen) atoms. The molecule has 0 saturated carbocycles. The Labute approximate surface area is 90.7 Å². The van der Waals surface area contributed by atoms with Crippen molar-refractivity contribution in [2.24, 2.45) is 0 Å².